The molecule has 0 N–H and O–H groups in total. The van der Waals surface area contributed by atoms with Crippen molar-refractivity contribution in [2.45, 2.75) is 33.1 Å². The third-order valence-electron chi connectivity index (χ3n) is 3.75. The van der Waals surface area contributed by atoms with Gasteiger partial charge in [-0.05, 0) is 31.1 Å². The summed E-state index contributed by atoms with van der Waals surface area (Å²) in [7, 11) is 1.43. The van der Waals surface area contributed by atoms with Crippen LogP contribution in [0.1, 0.15) is 42.5 Å². The lowest BCUT2D eigenvalue weighted by molar-refractivity contribution is -0.386. The van der Waals surface area contributed by atoms with Crippen LogP contribution in [0.3, 0.4) is 0 Å². The van der Waals surface area contributed by atoms with E-state index in [9.17, 15) is 15.4 Å². The van der Waals surface area contributed by atoms with E-state index in [4.69, 9.17) is 9.47 Å². The molecular formula is C19H21N3O4S. The topological polar surface area (TPSA) is 98.3 Å². The minimum atomic E-state index is -0.505. The summed E-state index contributed by atoms with van der Waals surface area (Å²) in [4.78, 5) is 15.3. The van der Waals surface area contributed by atoms with Gasteiger partial charge in [0.15, 0.2) is 5.75 Å². The highest BCUT2D eigenvalue weighted by atomic mass is 32.1. The maximum atomic E-state index is 11.5. The Labute approximate surface area is 162 Å². The van der Waals surface area contributed by atoms with Gasteiger partial charge in [-0.15, -0.1) is 11.3 Å². The molecule has 27 heavy (non-hydrogen) atoms. The zero-order valence-electron chi connectivity index (χ0n) is 15.5. The Hall–Kier alpha value is -2.92. The number of benzene rings is 1. The van der Waals surface area contributed by atoms with Gasteiger partial charge < -0.3 is 9.47 Å². The van der Waals surface area contributed by atoms with Crippen LogP contribution >= 0.6 is 11.3 Å². The predicted molar refractivity (Wildman–Crippen MR) is 105 cm³/mol. The fraction of sp³-hybridized carbons (Fsp3) is 0.368. The minimum Gasteiger partial charge on any atom is -0.493 e. The number of nitro benzene ring substituents is 1. The van der Waals surface area contributed by atoms with Gasteiger partial charge in [0.2, 0.25) is 5.75 Å². The highest BCUT2D eigenvalue weighted by Gasteiger charge is 2.22. The van der Waals surface area contributed by atoms with Gasteiger partial charge in [0.1, 0.15) is 11.1 Å². The number of rotatable bonds is 9. The monoisotopic (exact) mass is 387 g/mol. The van der Waals surface area contributed by atoms with Crippen molar-refractivity contribution in [1.29, 1.82) is 5.26 Å². The van der Waals surface area contributed by atoms with Gasteiger partial charge in [0.05, 0.1) is 24.2 Å². The van der Waals surface area contributed by atoms with Gasteiger partial charge in [0, 0.05) is 17.1 Å². The van der Waals surface area contributed by atoms with E-state index >= 15 is 0 Å². The van der Waals surface area contributed by atoms with E-state index in [2.05, 4.69) is 18.0 Å². The van der Waals surface area contributed by atoms with Crippen LogP contribution in [0.25, 0.3) is 11.6 Å². The smallest absolute Gasteiger partial charge is 0.315 e. The van der Waals surface area contributed by atoms with E-state index in [0.29, 0.717) is 22.8 Å². The van der Waals surface area contributed by atoms with E-state index in [1.54, 1.807) is 12.1 Å². The number of nitrogens with zero attached hydrogens (tertiary/aromatic N) is 3. The van der Waals surface area contributed by atoms with Crippen LogP contribution in [0.4, 0.5) is 5.69 Å². The Kier molecular flexibility index (Phi) is 7.32. The molecule has 0 bridgehead atoms. The number of aryl methyl sites for hydroxylation is 1. The average molecular weight is 387 g/mol. The molecule has 0 unspecified atom stereocenters. The second kappa shape index (κ2) is 9.69. The SMILES string of the molecule is CCCCCOc1c(OC)cc(/C=C(/C#N)c2nc(C)cs2)cc1[N+](=O)[O-]. The van der Waals surface area contributed by atoms with Gasteiger partial charge in [-0.2, -0.15) is 5.26 Å². The fourth-order valence-electron chi connectivity index (χ4n) is 2.44. The fourth-order valence-corrected chi connectivity index (χ4v) is 3.20. The summed E-state index contributed by atoms with van der Waals surface area (Å²) in [6, 6.07) is 5.11. The van der Waals surface area contributed by atoms with E-state index in [1.807, 2.05) is 12.3 Å². The molecule has 0 saturated carbocycles. The molecule has 0 fully saturated rings. The highest BCUT2D eigenvalue weighted by molar-refractivity contribution is 7.11. The number of nitro groups is 1. The lowest BCUT2D eigenvalue weighted by atomic mass is 10.1. The number of allylic oxidation sites excluding steroid dienone is 1. The summed E-state index contributed by atoms with van der Waals surface area (Å²) < 4.78 is 10.9. The lowest BCUT2D eigenvalue weighted by Crippen LogP contribution is -2.03. The van der Waals surface area contributed by atoms with Crippen LogP contribution in [0.2, 0.25) is 0 Å². The molecule has 7 nitrogen and oxygen atoms in total. The molecule has 0 amide bonds. The Morgan fingerprint density at radius 1 is 1.44 bits per heavy atom. The lowest BCUT2D eigenvalue weighted by Gasteiger charge is -2.12. The summed E-state index contributed by atoms with van der Waals surface area (Å²) in [5.74, 6) is 0.374. The first-order valence-electron chi connectivity index (χ1n) is 8.53. The van der Waals surface area contributed by atoms with Gasteiger partial charge in [-0.3, -0.25) is 10.1 Å². The normalized spacial score (nSPS) is 11.1. The molecule has 142 valence electrons. The van der Waals surface area contributed by atoms with Crippen molar-refractivity contribution >= 4 is 28.7 Å². The second-order valence-electron chi connectivity index (χ2n) is 5.85. The number of thiazole rings is 1. The van der Waals surface area contributed by atoms with E-state index < -0.39 is 4.92 Å². The third-order valence-corrected chi connectivity index (χ3v) is 4.74. The molecule has 0 atom stereocenters. The molecule has 0 aliphatic carbocycles. The largest absolute Gasteiger partial charge is 0.493 e. The van der Waals surface area contributed by atoms with Crippen LogP contribution in [0.15, 0.2) is 17.5 Å². The molecule has 0 radical (unpaired) electrons. The number of hydrogen-bond donors (Lipinski definition) is 0. The maximum absolute atomic E-state index is 11.5. The minimum absolute atomic E-state index is 0.111. The molecule has 0 spiro atoms. The van der Waals surface area contributed by atoms with E-state index in [-0.39, 0.29) is 17.2 Å². The van der Waals surface area contributed by atoms with Crippen molar-refractivity contribution in [1.82, 2.24) is 4.98 Å². The van der Waals surface area contributed by atoms with Gasteiger partial charge in [-0.1, -0.05) is 19.8 Å². The number of hydrogen-bond acceptors (Lipinski definition) is 7. The van der Waals surface area contributed by atoms with Crippen LogP contribution in [0.5, 0.6) is 11.5 Å². The molecular weight excluding hydrogens is 366 g/mol. The first-order chi connectivity index (χ1) is 13.0. The first kappa shape index (κ1) is 20.4. The number of aromatic nitrogens is 1. The number of ether oxygens (including phenoxy) is 2. The Morgan fingerprint density at radius 2 is 2.22 bits per heavy atom. The van der Waals surface area contributed by atoms with Crippen LogP contribution < -0.4 is 9.47 Å². The Morgan fingerprint density at radius 3 is 2.78 bits per heavy atom. The first-order valence-corrected chi connectivity index (χ1v) is 9.41. The zero-order valence-corrected chi connectivity index (χ0v) is 16.3. The summed E-state index contributed by atoms with van der Waals surface area (Å²) >= 11 is 1.35. The van der Waals surface area contributed by atoms with Crippen molar-refractivity contribution in [3.63, 3.8) is 0 Å². The third kappa shape index (κ3) is 5.28. The molecule has 1 heterocycles. The van der Waals surface area contributed by atoms with Crippen molar-refractivity contribution in [3.8, 4) is 17.6 Å². The van der Waals surface area contributed by atoms with E-state index in [1.165, 1.54) is 24.5 Å². The Bertz CT molecular complexity index is 884. The number of nitriles is 1. The van der Waals surface area contributed by atoms with Crippen LogP contribution in [0, 0.1) is 28.4 Å². The molecule has 1 aromatic heterocycles. The Balaban J connectivity index is 2.43. The molecule has 8 heteroatoms. The molecule has 2 rings (SSSR count). The quantitative estimate of drug-likeness (QED) is 0.260. The van der Waals surface area contributed by atoms with Crippen molar-refractivity contribution < 1.29 is 14.4 Å². The molecule has 0 saturated heterocycles. The van der Waals surface area contributed by atoms with Gasteiger partial charge in [-0.25, -0.2) is 4.98 Å². The second-order valence-corrected chi connectivity index (χ2v) is 6.71. The standard InChI is InChI=1S/C19H21N3O4S/c1-4-5-6-7-26-18-16(22(23)24)9-14(10-17(18)25-3)8-15(11-20)19-21-13(2)12-27-19/h8-10,12H,4-7H2,1-3H3/b15-8-. The van der Waals surface area contributed by atoms with E-state index in [0.717, 1.165) is 25.0 Å². The van der Waals surface area contributed by atoms with Gasteiger partial charge in [0.25, 0.3) is 0 Å². The molecule has 2 aromatic rings. The molecule has 0 aliphatic heterocycles. The predicted octanol–water partition coefficient (Wildman–Crippen LogP) is 5.00. The van der Waals surface area contributed by atoms with Gasteiger partial charge >= 0.3 is 5.69 Å². The summed E-state index contributed by atoms with van der Waals surface area (Å²) in [6.45, 7) is 4.29. The maximum Gasteiger partial charge on any atom is 0.315 e. The number of methoxy groups -OCH3 is 1. The molecule has 1 aromatic carbocycles. The van der Waals surface area contributed by atoms with Crippen LogP contribution in [-0.4, -0.2) is 23.6 Å². The molecule has 0 aliphatic rings. The highest BCUT2D eigenvalue weighted by Crippen LogP contribution is 2.39. The number of unbranched alkanes of at least 4 members (excludes halogenated alkanes) is 2. The van der Waals surface area contributed by atoms with Crippen molar-refractivity contribution in [2.24, 2.45) is 0 Å². The summed E-state index contributed by atoms with van der Waals surface area (Å²) in [5, 5.41) is 23.4. The van der Waals surface area contributed by atoms with Crippen molar-refractivity contribution in [2.75, 3.05) is 13.7 Å². The summed E-state index contributed by atoms with van der Waals surface area (Å²) in [5.41, 5.74) is 1.44. The van der Waals surface area contributed by atoms with Crippen molar-refractivity contribution in [3.05, 3.63) is 43.9 Å². The summed E-state index contributed by atoms with van der Waals surface area (Å²) in [6.07, 6.45) is 4.38. The average Bonchev–Trinajstić information content (AvgIpc) is 3.09. The van der Waals surface area contributed by atoms with Crippen LogP contribution in [-0.2, 0) is 0 Å². The zero-order chi connectivity index (χ0) is 19.8.